The van der Waals surface area contributed by atoms with Gasteiger partial charge in [0.2, 0.25) is 0 Å². The number of anilines is 1. The quantitative estimate of drug-likeness (QED) is 0.473. The molecule has 1 N–H and O–H groups in total. The van der Waals surface area contributed by atoms with Crippen LogP contribution in [0, 0.1) is 27.4 Å². The molecular formula is C21H19N3O4. The van der Waals surface area contributed by atoms with Crippen molar-refractivity contribution in [1.29, 1.82) is 5.26 Å². The van der Waals surface area contributed by atoms with Crippen LogP contribution in [0.25, 0.3) is 0 Å². The molecule has 0 fully saturated rings. The number of allylic oxidation sites excluding steroid dienone is 2. The zero-order valence-electron chi connectivity index (χ0n) is 15.3. The topological polar surface area (TPSA) is 97.4 Å². The summed E-state index contributed by atoms with van der Waals surface area (Å²) in [5.74, 6) is 1.35. The average molecular weight is 377 g/mol. The van der Waals surface area contributed by atoms with Crippen LogP contribution in [-0.4, -0.2) is 18.6 Å². The minimum Gasteiger partial charge on any atom is -0.495 e. The molecule has 0 spiro atoms. The lowest BCUT2D eigenvalue weighted by Gasteiger charge is -2.37. The molecule has 1 aliphatic heterocycles. The Morgan fingerprint density at radius 3 is 2.75 bits per heavy atom. The van der Waals surface area contributed by atoms with Gasteiger partial charge in [-0.1, -0.05) is 24.3 Å². The molecule has 142 valence electrons. The molecule has 0 radical (unpaired) electrons. The van der Waals surface area contributed by atoms with E-state index in [4.69, 9.17) is 14.7 Å². The molecule has 4 rings (SSSR count). The number of nitro groups is 1. The van der Waals surface area contributed by atoms with Crippen molar-refractivity contribution in [2.75, 3.05) is 19.0 Å². The van der Waals surface area contributed by atoms with Gasteiger partial charge in [-0.15, -0.1) is 0 Å². The van der Waals surface area contributed by atoms with E-state index in [2.05, 4.69) is 17.5 Å². The van der Waals surface area contributed by atoms with Gasteiger partial charge in [-0.3, -0.25) is 10.1 Å². The van der Waals surface area contributed by atoms with E-state index in [1.165, 1.54) is 6.07 Å². The molecule has 2 aliphatic rings. The van der Waals surface area contributed by atoms with E-state index >= 15 is 0 Å². The Morgan fingerprint density at radius 2 is 2.07 bits per heavy atom. The van der Waals surface area contributed by atoms with Gasteiger partial charge in [0.05, 0.1) is 29.3 Å². The van der Waals surface area contributed by atoms with Gasteiger partial charge in [0, 0.05) is 12.0 Å². The van der Waals surface area contributed by atoms with Crippen molar-refractivity contribution in [2.45, 2.75) is 18.4 Å². The van der Waals surface area contributed by atoms with Crippen LogP contribution in [0.1, 0.15) is 29.5 Å². The molecule has 28 heavy (non-hydrogen) atoms. The third-order valence-corrected chi connectivity index (χ3v) is 5.42. The SMILES string of the molecule is COc1ccc([N+](=O)[O-])c2c1N[C@H](c1ccc(OCC#N)cc1)[C@H]1CC=C[C@@H]21. The molecule has 0 bridgehead atoms. The number of fused-ring (bicyclic) bond motifs is 3. The zero-order valence-corrected chi connectivity index (χ0v) is 15.3. The highest BCUT2D eigenvalue weighted by atomic mass is 16.6. The van der Waals surface area contributed by atoms with Crippen molar-refractivity contribution in [2.24, 2.45) is 5.92 Å². The van der Waals surface area contributed by atoms with Crippen LogP contribution >= 0.6 is 0 Å². The lowest BCUT2D eigenvalue weighted by Crippen LogP contribution is -2.30. The highest BCUT2D eigenvalue weighted by Gasteiger charge is 2.42. The second-order valence-electron chi connectivity index (χ2n) is 6.82. The van der Waals surface area contributed by atoms with Gasteiger partial charge in [-0.25, -0.2) is 0 Å². The van der Waals surface area contributed by atoms with Gasteiger partial charge < -0.3 is 14.8 Å². The number of nitrogens with zero attached hydrogens (tertiary/aromatic N) is 2. The highest BCUT2D eigenvalue weighted by molar-refractivity contribution is 5.73. The predicted molar refractivity (Wildman–Crippen MR) is 104 cm³/mol. The van der Waals surface area contributed by atoms with Crippen molar-refractivity contribution < 1.29 is 14.4 Å². The van der Waals surface area contributed by atoms with Gasteiger partial charge in [-0.05, 0) is 36.1 Å². The van der Waals surface area contributed by atoms with E-state index in [0.717, 1.165) is 12.0 Å². The molecule has 2 aromatic carbocycles. The van der Waals surface area contributed by atoms with Crippen molar-refractivity contribution in [3.63, 3.8) is 0 Å². The van der Waals surface area contributed by atoms with Crippen LogP contribution in [-0.2, 0) is 0 Å². The van der Waals surface area contributed by atoms with E-state index in [1.807, 2.05) is 30.3 Å². The fourth-order valence-corrected chi connectivity index (χ4v) is 4.21. The number of methoxy groups -OCH3 is 1. The number of hydrogen-bond acceptors (Lipinski definition) is 6. The molecule has 2 aromatic rings. The molecular weight excluding hydrogens is 358 g/mol. The second-order valence-corrected chi connectivity index (χ2v) is 6.82. The van der Waals surface area contributed by atoms with Gasteiger partial charge in [-0.2, -0.15) is 5.26 Å². The molecule has 0 unspecified atom stereocenters. The van der Waals surface area contributed by atoms with Crippen LogP contribution in [0.3, 0.4) is 0 Å². The fourth-order valence-electron chi connectivity index (χ4n) is 4.21. The van der Waals surface area contributed by atoms with Gasteiger partial charge >= 0.3 is 0 Å². The van der Waals surface area contributed by atoms with Crippen LogP contribution < -0.4 is 14.8 Å². The number of benzene rings is 2. The van der Waals surface area contributed by atoms with Crippen LogP contribution in [0.2, 0.25) is 0 Å². The summed E-state index contributed by atoms with van der Waals surface area (Å²) in [6.07, 6.45) is 4.99. The summed E-state index contributed by atoms with van der Waals surface area (Å²) in [6, 6.07) is 12.7. The Bertz CT molecular complexity index is 978. The third kappa shape index (κ3) is 2.93. The molecule has 0 amide bonds. The summed E-state index contributed by atoms with van der Waals surface area (Å²) in [4.78, 5) is 11.3. The van der Waals surface area contributed by atoms with Crippen LogP contribution in [0.15, 0.2) is 48.6 Å². The number of hydrogen-bond donors (Lipinski definition) is 1. The molecule has 3 atom stereocenters. The highest BCUT2D eigenvalue weighted by Crippen LogP contribution is 2.54. The first-order chi connectivity index (χ1) is 13.6. The smallest absolute Gasteiger partial charge is 0.275 e. The Morgan fingerprint density at radius 1 is 1.29 bits per heavy atom. The van der Waals surface area contributed by atoms with Crippen LogP contribution in [0.5, 0.6) is 11.5 Å². The van der Waals surface area contributed by atoms with E-state index < -0.39 is 0 Å². The molecule has 7 nitrogen and oxygen atoms in total. The molecule has 0 saturated heterocycles. The molecule has 1 aliphatic carbocycles. The fraction of sp³-hybridized carbons (Fsp3) is 0.286. The number of ether oxygens (including phenoxy) is 2. The summed E-state index contributed by atoms with van der Waals surface area (Å²) in [5, 5.41) is 23.8. The minimum absolute atomic E-state index is 0.00386. The van der Waals surface area contributed by atoms with Gasteiger partial charge in [0.1, 0.15) is 17.6 Å². The number of rotatable bonds is 5. The Balaban J connectivity index is 1.75. The van der Waals surface area contributed by atoms with Gasteiger partial charge in [0.25, 0.3) is 5.69 Å². The first kappa shape index (κ1) is 17.9. The summed E-state index contributed by atoms with van der Waals surface area (Å²) >= 11 is 0. The summed E-state index contributed by atoms with van der Waals surface area (Å²) in [6.45, 7) is 0.00386. The maximum absolute atomic E-state index is 11.6. The van der Waals surface area contributed by atoms with E-state index in [0.29, 0.717) is 22.7 Å². The van der Waals surface area contributed by atoms with Crippen molar-refractivity contribution in [3.8, 4) is 17.6 Å². The summed E-state index contributed by atoms with van der Waals surface area (Å²) < 4.78 is 10.8. The summed E-state index contributed by atoms with van der Waals surface area (Å²) in [5.41, 5.74) is 2.54. The maximum Gasteiger partial charge on any atom is 0.275 e. The van der Waals surface area contributed by atoms with Crippen molar-refractivity contribution >= 4 is 11.4 Å². The third-order valence-electron chi connectivity index (χ3n) is 5.42. The van der Waals surface area contributed by atoms with Crippen LogP contribution in [0.4, 0.5) is 11.4 Å². The number of nitriles is 1. The lowest BCUT2D eigenvalue weighted by molar-refractivity contribution is -0.385. The largest absolute Gasteiger partial charge is 0.495 e. The Hall–Kier alpha value is -3.53. The number of nitro benzene ring substituents is 1. The minimum atomic E-state index is -0.329. The standard InChI is InChI=1S/C21H19N3O4/c1-27-18-10-9-17(24(25)26)19-15-3-2-4-16(15)20(23-21(18)19)13-5-7-14(8-6-13)28-12-11-22/h2-3,5-10,15-16,20,23H,4,12H2,1H3/t15-,16+,20-/m1/s1. The Labute approximate surface area is 162 Å². The first-order valence-corrected chi connectivity index (χ1v) is 9.02. The van der Waals surface area contributed by atoms with Crippen molar-refractivity contribution in [1.82, 2.24) is 0 Å². The average Bonchev–Trinajstić information content (AvgIpc) is 3.21. The Kier molecular flexibility index (Phi) is 4.62. The molecule has 7 heteroatoms. The first-order valence-electron chi connectivity index (χ1n) is 9.02. The monoisotopic (exact) mass is 377 g/mol. The van der Waals surface area contributed by atoms with Gasteiger partial charge in [0.15, 0.2) is 6.61 Å². The maximum atomic E-state index is 11.6. The number of nitrogens with one attached hydrogen (secondary N) is 1. The molecule has 0 saturated carbocycles. The second kappa shape index (κ2) is 7.24. The zero-order chi connectivity index (χ0) is 19.7. The van der Waals surface area contributed by atoms with E-state index in [9.17, 15) is 10.1 Å². The lowest BCUT2D eigenvalue weighted by atomic mass is 9.76. The molecule has 1 heterocycles. The van der Waals surface area contributed by atoms with Crippen molar-refractivity contribution in [3.05, 3.63) is 69.8 Å². The normalized spacial score (nSPS) is 21.8. The predicted octanol–water partition coefficient (Wildman–Crippen LogP) is 4.33. The van der Waals surface area contributed by atoms with E-state index in [-0.39, 0.29) is 35.1 Å². The van der Waals surface area contributed by atoms with E-state index in [1.54, 1.807) is 13.2 Å². The summed E-state index contributed by atoms with van der Waals surface area (Å²) in [7, 11) is 1.57. The molecule has 0 aromatic heterocycles.